The summed E-state index contributed by atoms with van der Waals surface area (Å²) in [4.78, 5) is 27.0. The number of alkyl halides is 3. The van der Waals surface area contributed by atoms with Gasteiger partial charge in [0, 0.05) is 37.1 Å². The maximum absolute atomic E-state index is 12.6. The molecule has 0 bridgehead atoms. The molecule has 4 amide bonds. The molecular formula is C19H19F3N4O3. The van der Waals surface area contributed by atoms with E-state index >= 15 is 0 Å². The van der Waals surface area contributed by atoms with Gasteiger partial charge in [0.1, 0.15) is 5.75 Å². The number of halogens is 3. The normalized spacial score (nSPS) is 13.8. The summed E-state index contributed by atoms with van der Waals surface area (Å²) in [5.74, 6) is -0.360. The molecule has 0 atom stereocenters. The number of anilines is 2. The molecule has 1 aliphatic heterocycles. The number of hydrogen-bond donors (Lipinski definition) is 2. The van der Waals surface area contributed by atoms with E-state index in [1.54, 1.807) is 35.2 Å². The summed E-state index contributed by atoms with van der Waals surface area (Å²) in [6, 6.07) is 11.6. The van der Waals surface area contributed by atoms with Crippen LogP contribution in [0.4, 0.5) is 34.1 Å². The number of carbonyl (C=O) groups is 2. The molecule has 2 aromatic carbocycles. The topological polar surface area (TPSA) is 73.9 Å². The van der Waals surface area contributed by atoms with E-state index in [4.69, 9.17) is 0 Å². The Bertz CT molecular complexity index is 904. The van der Waals surface area contributed by atoms with Crippen molar-refractivity contribution in [2.45, 2.75) is 12.9 Å². The number of amides is 4. The number of carbonyl (C=O) groups excluding carboxylic acids is 2. The molecule has 0 radical (unpaired) electrons. The van der Waals surface area contributed by atoms with Crippen LogP contribution in [0.2, 0.25) is 0 Å². The second-order valence-corrected chi connectivity index (χ2v) is 6.38. The molecule has 0 aliphatic carbocycles. The molecule has 1 fully saturated rings. The number of para-hydroxylation sites is 1. The Labute approximate surface area is 165 Å². The van der Waals surface area contributed by atoms with Crippen LogP contribution in [0.15, 0.2) is 48.5 Å². The van der Waals surface area contributed by atoms with Crippen LogP contribution in [0.3, 0.4) is 0 Å². The highest BCUT2D eigenvalue weighted by Gasteiger charge is 2.32. The van der Waals surface area contributed by atoms with Crippen LogP contribution in [0, 0.1) is 0 Å². The minimum absolute atomic E-state index is 0.0910. The number of nitrogens with one attached hydrogen (secondary N) is 2. The SMILES string of the molecule is CN(Cc1ccccc1OC(F)(F)F)C(=O)Nc1cccc(N2CCNC2=O)c1. The van der Waals surface area contributed by atoms with Crippen LogP contribution in [-0.2, 0) is 6.54 Å². The van der Waals surface area contributed by atoms with Crippen LogP contribution in [0.5, 0.6) is 5.75 Å². The minimum atomic E-state index is -4.82. The Morgan fingerprint density at radius 2 is 2.00 bits per heavy atom. The van der Waals surface area contributed by atoms with Gasteiger partial charge in [-0.2, -0.15) is 0 Å². The number of hydrogen-bond acceptors (Lipinski definition) is 3. The first-order chi connectivity index (χ1) is 13.7. The number of nitrogens with zero attached hydrogens (tertiary/aromatic N) is 2. The van der Waals surface area contributed by atoms with Crippen molar-refractivity contribution in [3.8, 4) is 5.75 Å². The maximum atomic E-state index is 12.6. The molecule has 2 aromatic rings. The van der Waals surface area contributed by atoms with Gasteiger partial charge in [-0.1, -0.05) is 24.3 Å². The van der Waals surface area contributed by atoms with Crippen LogP contribution in [0.25, 0.3) is 0 Å². The van der Waals surface area contributed by atoms with Crippen molar-refractivity contribution in [3.63, 3.8) is 0 Å². The lowest BCUT2D eigenvalue weighted by Crippen LogP contribution is -2.31. The zero-order chi connectivity index (χ0) is 21.0. The van der Waals surface area contributed by atoms with Crippen molar-refractivity contribution in [3.05, 3.63) is 54.1 Å². The molecule has 0 unspecified atom stereocenters. The molecule has 29 heavy (non-hydrogen) atoms. The van der Waals surface area contributed by atoms with Crippen molar-refractivity contribution in [1.29, 1.82) is 0 Å². The highest BCUT2D eigenvalue weighted by Crippen LogP contribution is 2.27. The third-order valence-corrected chi connectivity index (χ3v) is 4.22. The lowest BCUT2D eigenvalue weighted by atomic mass is 10.2. The van der Waals surface area contributed by atoms with Crippen molar-refractivity contribution >= 4 is 23.4 Å². The van der Waals surface area contributed by atoms with Crippen molar-refractivity contribution < 1.29 is 27.5 Å². The van der Waals surface area contributed by atoms with Gasteiger partial charge in [-0.05, 0) is 24.3 Å². The summed E-state index contributed by atoms with van der Waals surface area (Å²) in [6.07, 6.45) is -4.82. The second kappa shape index (κ2) is 8.29. The average molecular weight is 408 g/mol. The fraction of sp³-hybridized carbons (Fsp3) is 0.263. The first kappa shape index (κ1) is 20.3. The Hall–Kier alpha value is -3.43. The van der Waals surface area contributed by atoms with E-state index < -0.39 is 12.4 Å². The van der Waals surface area contributed by atoms with E-state index in [2.05, 4.69) is 15.4 Å². The summed E-state index contributed by atoms with van der Waals surface area (Å²) < 4.78 is 41.7. The van der Waals surface area contributed by atoms with Gasteiger partial charge in [-0.15, -0.1) is 13.2 Å². The predicted molar refractivity (Wildman–Crippen MR) is 101 cm³/mol. The van der Waals surface area contributed by atoms with E-state index in [0.717, 1.165) is 0 Å². The standard InChI is InChI=1S/C19H19F3N4O3/c1-25(12-13-5-2-3-8-16(13)29-19(20,21)22)18(28)24-14-6-4-7-15(11-14)26-10-9-23-17(26)27/h2-8,11H,9-10,12H2,1H3,(H,23,27)(H,24,28). The summed E-state index contributed by atoms with van der Waals surface area (Å²) >= 11 is 0. The van der Waals surface area contributed by atoms with Gasteiger partial charge in [0.05, 0.1) is 6.54 Å². The third kappa shape index (κ3) is 5.31. The molecule has 0 saturated carbocycles. The Morgan fingerprint density at radius 3 is 2.69 bits per heavy atom. The Kier molecular flexibility index (Phi) is 5.81. The number of ether oxygens (including phenoxy) is 1. The fourth-order valence-corrected chi connectivity index (χ4v) is 2.87. The van der Waals surface area contributed by atoms with Crippen LogP contribution in [0.1, 0.15) is 5.56 Å². The van der Waals surface area contributed by atoms with E-state index in [1.807, 2.05) is 0 Å². The monoisotopic (exact) mass is 408 g/mol. The molecule has 7 nitrogen and oxygen atoms in total. The van der Waals surface area contributed by atoms with E-state index in [0.29, 0.717) is 24.5 Å². The van der Waals surface area contributed by atoms with Gasteiger partial charge in [0.2, 0.25) is 0 Å². The maximum Gasteiger partial charge on any atom is 0.573 e. The van der Waals surface area contributed by atoms with E-state index in [1.165, 1.54) is 30.1 Å². The molecule has 154 valence electrons. The summed E-state index contributed by atoms with van der Waals surface area (Å²) in [6.45, 7) is 0.968. The zero-order valence-corrected chi connectivity index (χ0v) is 15.5. The van der Waals surface area contributed by atoms with Crippen molar-refractivity contribution in [2.75, 3.05) is 30.4 Å². The Morgan fingerprint density at radius 1 is 1.24 bits per heavy atom. The zero-order valence-electron chi connectivity index (χ0n) is 15.5. The number of urea groups is 2. The van der Waals surface area contributed by atoms with Gasteiger partial charge >= 0.3 is 18.4 Å². The quantitative estimate of drug-likeness (QED) is 0.791. The highest BCUT2D eigenvalue weighted by molar-refractivity contribution is 5.95. The second-order valence-electron chi connectivity index (χ2n) is 6.38. The van der Waals surface area contributed by atoms with Crippen molar-refractivity contribution in [2.24, 2.45) is 0 Å². The first-order valence-electron chi connectivity index (χ1n) is 8.74. The lowest BCUT2D eigenvalue weighted by Gasteiger charge is -2.21. The highest BCUT2D eigenvalue weighted by atomic mass is 19.4. The third-order valence-electron chi connectivity index (χ3n) is 4.22. The largest absolute Gasteiger partial charge is 0.573 e. The number of benzene rings is 2. The van der Waals surface area contributed by atoms with Crippen LogP contribution >= 0.6 is 0 Å². The van der Waals surface area contributed by atoms with Gasteiger partial charge in [0.25, 0.3) is 0 Å². The lowest BCUT2D eigenvalue weighted by molar-refractivity contribution is -0.275. The predicted octanol–water partition coefficient (Wildman–Crippen LogP) is 3.78. The molecular weight excluding hydrogens is 389 g/mol. The smallest absolute Gasteiger partial charge is 0.405 e. The summed E-state index contributed by atoms with van der Waals surface area (Å²) in [5.41, 5.74) is 1.30. The van der Waals surface area contributed by atoms with Gasteiger partial charge in [-0.25, -0.2) is 9.59 Å². The molecule has 3 rings (SSSR count). The number of rotatable bonds is 5. The van der Waals surface area contributed by atoms with Crippen molar-refractivity contribution in [1.82, 2.24) is 10.2 Å². The van der Waals surface area contributed by atoms with E-state index in [-0.39, 0.29) is 23.9 Å². The van der Waals surface area contributed by atoms with E-state index in [9.17, 15) is 22.8 Å². The van der Waals surface area contributed by atoms with Gasteiger partial charge in [0.15, 0.2) is 0 Å². The molecule has 1 aliphatic rings. The van der Waals surface area contributed by atoms with Crippen LogP contribution < -0.4 is 20.3 Å². The summed E-state index contributed by atoms with van der Waals surface area (Å²) in [7, 11) is 1.46. The first-order valence-corrected chi connectivity index (χ1v) is 8.74. The Balaban J connectivity index is 1.67. The average Bonchev–Trinajstić information content (AvgIpc) is 3.08. The molecule has 1 saturated heterocycles. The minimum Gasteiger partial charge on any atom is -0.405 e. The fourth-order valence-electron chi connectivity index (χ4n) is 2.87. The van der Waals surface area contributed by atoms with Gasteiger partial charge < -0.3 is 20.3 Å². The van der Waals surface area contributed by atoms with Crippen LogP contribution in [-0.4, -0.2) is 43.5 Å². The summed E-state index contributed by atoms with van der Waals surface area (Å²) in [5, 5.41) is 5.37. The molecule has 10 heteroatoms. The van der Waals surface area contributed by atoms with Gasteiger partial charge in [-0.3, -0.25) is 4.90 Å². The molecule has 1 heterocycles. The molecule has 0 aromatic heterocycles. The molecule has 0 spiro atoms. The molecule has 2 N–H and O–H groups in total.